The molecule has 11 heavy (non-hydrogen) atoms. The van der Waals surface area contributed by atoms with Gasteiger partial charge in [-0.15, -0.1) is 5.73 Å². The molecule has 1 saturated carbocycles. The van der Waals surface area contributed by atoms with Gasteiger partial charge in [-0.2, -0.15) is 0 Å². The number of rotatable bonds is 4. The van der Waals surface area contributed by atoms with Crippen LogP contribution in [0.15, 0.2) is 18.0 Å². The van der Waals surface area contributed by atoms with Crippen LogP contribution >= 0.6 is 0 Å². The largest absolute Gasteiger partial charge is 0.373 e. The highest BCUT2D eigenvalue weighted by Crippen LogP contribution is 2.34. The number of carbonyl (C=O) groups excluding carboxylic acids is 1. The molecule has 0 aromatic rings. The third-order valence-electron chi connectivity index (χ3n) is 1.76. The number of nitrogens with one attached hydrogen (secondary N) is 1. The van der Waals surface area contributed by atoms with Crippen LogP contribution in [0.5, 0.6) is 0 Å². The molecule has 2 heteroatoms. The first-order valence-corrected chi connectivity index (χ1v) is 3.89. The molecule has 0 saturated heterocycles. The Labute approximate surface area is 67.0 Å². The van der Waals surface area contributed by atoms with Gasteiger partial charge < -0.3 is 10.1 Å². The monoisotopic (exact) mass is 151 g/mol. The zero-order chi connectivity index (χ0) is 8.27. The Balaban J connectivity index is 2.44. The second-order valence-electron chi connectivity index (χ2n) is 2.93. The van der Waals surface area contributed by atoms with Gasteiger partial charge in [0.05, 0.1) is 11.7 Å². The minimum absolute atomic E-state index is 0.111. The minimum atomic E-state index is -0.111. The summed E-state index contributed by atoms with van der Waals surface area (Å²) in [6.07, 6.45) is 3.30. The van der Waals surface area contributed by atoms with Crippen molar-refractivity contribution in [2.75, 3.05) is 0 Å². The number of hydrogen-bond donors (Lipinski definition) is 1. The fourth-order valence-corrected chi connectivity index (χ4v) is 0.965. The fraction of sp³-hybridized carbons (Fsp3) is 0.556. The van der Waals surface area contributed by atoms with Crippen molar-refractivity contribution in [1.29, 1.82) is 0 Å². The van der Waals surface area contributed by atoms with E-state index >= 15 is 0 Å². The third kappa shape index (κ3) is 2.24. The zero-order valence-corrected chi connectivity index (χ0v) is 6.76. The molecular formula is C9H13NO. The van der Waals surface area contributed by atoms with E-state index < -0.39 is 0 Å². The van der Waals surface area contributed by atoms with E-state index in [4.69, 9.17) is 0 Å². The van der Waals surface area contributed by atoms with Crippen molar-refractivity contribution >= 4 is 6.29 Å². The maximum absolute atomic E-state index is 10.3. The van der Waals surface area contributed by atoms with E-state index in [0.717, 1.165) is 12.0 Å². The lowest BCUT2D eigenvalue weighted by atomic mass is 10.2. The molecule has 1 N–H and O–H groups in total. The lowest BCUT2D eigenvalue weighted by molar-refractivity contribution is -0.109. The van der Waals surface area contributed by atoms with Crippen LogP contribution < -0.4 is 5.32 Å². The van der Waals surface area contributed by atoms with Crippen LogP contribution in [0.25, 0.3) is 0 Å². The SMILES string of the molecule is C=C=C(N[C@H](C)C=O)C1CC1. The fourth-order valence-electron chi connectivity index (χ4n) is 0.965. The Bertz CT molecular complexity index is 200. The van der Waals surface area contributed by atoms with Crippen LogP contribution in [0.4, 0.5) is 0 Å². The Morgan fingerprint density at radius 3 is 2.82 bits per heavy atom. The normalized spacial score (nSPS) is 18.3. The molecule has 60 valence electrons. The molecule has 0 spiro atoms. The van der Waals surface area contributed by atoms with Crippen LogP contribution in [0.3, 0.4) is 0 Å². The van der Waals surface area contributed by atoms with Gasteiger partial charge in [0.25, 0.3) is 0 Å². The van der Waals surface area contributed by atoms with Gasteiger partial charge in [-0.3, -0.25) is 0 Å². The van der Waals surface area contributed by atoms with Gasteiger partial charge >= 0.3 is 0 Å². The minimum Gasteiger partial charge on any atom is -0.373 e. The van der Waals surface area contributed by atoms with Gasteiger partial charge in [0, 0.05) is 5.92 Å². The van der Waals surface area contributed by atoms with Crippen molar-refractivity contribution in [2.24, 2.45) is 5.92 Å². The predicted octanol–water partition coefficient (Wildman–Crippen LogP) is 1.24. The number of aldehydes is 1. The highest BCUT2D eigenvalue weighted by atomic mass is 16.1. The molecular weight excluding hydrogens is 138 g/mol. The molecule has 0 aliphatic heterocycles. The van der Waals surface area contributed by atoms with Crippen molar-refractivity contribution in [3.8, 4) is 0 Å². The van der Waals surface area contributed by atoms with E-state index in [1.165, 1.54) is 12.8 Å². The first kappa shape index (κ1) is 8.09. The van der Waals surface area contributed by atoms with Crippen molar-refractivity contribution in [2.45, 2.75) is 25.8 Å². The van der Waals surface area contributed by atoms with Gasteiger partial charge in [-0.05, 0) is 19.8 Å². The smallest absolute Gasteiger partial charge is 0.141 e. The molecule has 0 bridgehead atoms. The molecule has 1 rings (SSSR count). The lowest BCUT2D eigenvalue weighted by Crippen LogP contribution is -2.26. The molecule has 0 heterocycles. The number of carbonyl (C=O) groups is 1. The molecule has 1 fully saturated rings. The van der Waals surface area contributed by atoms with Crippen LogP contribution in [0.2, 0.25) is 0 Å². The van der Waals surface area contributed by atoms with Crippen molar-refractivity contribution < 1.29 is 4.79 Å². The van der Waals surface area contributed by atoms with Gasteiger partial charge in [0.15, 0.2) is 0 Å². The van der Waals surface area contributed by atoms with Crippen LogP contribution in [-0.2, 0) is 4.79 Å². The van der Waals surface area contributed by atoms with E-state index in [0.29, 0.717) is 5.92 Å². The highest BCUT2D eigenvalue weighted by molar-refractivity contribution is 5.57. The van der Waals surface area contributed by atoms with Gasteiger partial charge in [0.1, 0.15) is 6.29 Å². The van der Waals surface area contributed by atoms with Crippen LogP contribution in [-0.4, -0.2) is 12.3 Å². The second-order valence-corrected chi connectivity index (χ2v) is 2.93. The summed E-state index contributed by atoms with van der Waals surface area (Å²) in [5, 5.41) is 3.05. The quantitative estimate of drug-likeness (QED) is 0.484. The molecule has 0 unspecified atom stereocenters. The standard InChI is InChI=1S/C9H13NO/c1-3-9(8-4-5-8)10-7(2)6-11/h6-8,10H,1,4-5H2,2H3/t7-/m1/s1. The molecule has 0 amide bonds. The van der Waals surface area contributed by atoms with E-state index in [-0.39, 0.29) is 6.04 Å². The summed E-state index contributed by atoms with van der Waals surface area (Å²) in [5.41, 5.74) is 3.83. The summed E-state index contributed by atoms with van der Waals surface area (Å²) in [6.45, 7) is 5.40. The van der Waals surface area contributed by atoms with Gasteiger partial charge in [0.2, 0.25) is 0 Å². The molecule has 1 aliphatic rings. The number of allylic oxidation sites excluding steroid dienone is 1. The maximum Gasteiger partial charge on any atom is 0.141 e. The van der Waals surface area contributed by atoms with E-state index in [1.807, 2.05) is 6.92 Å². The van der Waals surface area contributed by atoms with Crippen molar-refractivity contribution in [1.82, 2.24) is 5.32 Å². The first-order chi connectivity index (χ1) is 5.27. The van der Waals surface area contributed by atoms with Crippen molar-refractivity contribution in [3.63, 3.8) is 0 Å². The summed E-state index contributed by atoms with van der Waals surface area (Å²) >= 11 is 0. The Morgan fingerprint density at radius 1 is 1.82 bits per heavy atom. The predicted molar refractivity (Wildman–Crippen MR) is 44.0 cm³/mol. The lowest BCUT2D eigenvalue weighted by Gasteiger charge is -2.09. The molecule has 1 aliphatic carbocycles. The molecule has 2 nitrogen and oxygen atoms in total. The second kappa shape index (κ2) is 3.40. The maximum atomic E-state index is 10.3. The molecule has 0 aromatic heterocycles. The third-order valence-corrected chi connectivity index (χ3v) is 1.76. The van der Waals surface area contributed by atoms with E-state index in [1.54, 1.807) is 0 Å². The van der Waals surface area contributed by atoms with Crippen LogP contribution in [0.1, 0.15) is 19.8 Å². The highest BCUT2D eigenvalue weighted by Gasteiger charge is 2.26. The summed E-state index contributed by atoms with van der Waals surface area (Å²) in [7, 11) is 0. The Morgan fingerprint density at radius 2 is 2.45 bits per heavy atom. The van der Waals surface area contributed by atoms with E-state index in [2.05, 4.69) is 17.6 Å². The summed E-state index contributed by atoms with van der Waals surface area (Å²) in [5.74, 6) is 0.592. The number of hydrogen-bond acceptors (Lipinski definition) is 2. The Hall–Kier alpha value is -1.01. The van der Waals surface area contributed by atoms with E-state index in [9.17, 15) is 4.79 Å². The van der Waals surface area contributed by atoms with Gasteiger partial charge in [-0.1, -0.05) is 6.58 Å². The molecule has 0 radical (unpaired) electrons. The van der Waals surface area contributed by atoms with Gasteiger partial charge in [-0.25, -0.2) is 0 Å². The summed E-state index contributed by atoms with van der Waals surface area (Å²) in [6, 6.07) is -0.111. The average molecular weight is 151 g/mol. The molecule has 0 aromatic carbocycles. The average Bonchev–Trinajstić information content (AvgIpc) is 2.82. The summed E-state index contributed by atoms with van der Waals surface area (Å²) in [4.78, 5) is 10.3. The first-order valence-electron chi connectivity index (χ1n) is 3.89. The zero-order valence-electron chi connectivity index (χ0n) is 6.76. The van der Waals surface area contributed by atoms with Crippen molar-refractivity contribution in [3.05, 3.63) is 18.0 Å². The molecule has 1 atom stereocenters. The van der Waals surface area contributed by atoms with Crippen LogP contribution in [0, 0.1) is 5.92 Å². The summed E-state index contributed by atoms with van der Waals surface area (Å²) < 4.78 is 0. The topological polar surface area (TPSA) is 29.1 Å². The Kier molecular flexibility index (Phi) is 2.50.